The van der Waals surface area contributed by atoms with Crippen LogP contribution < -0.4 is 10.6 Å². The van der Waals surface area contributed by atoms with Crippen molar-refractivity contribution < 1.29 is 24.2 Å². The fourth-order valence-corrected chi connectivity index (χ4v) is 5.30. The summed E-state index contributed by atoms with van der Waals surface area (Å²) in [7, 11) is 1.27. The zero-order chi connectivity index (χ0) is 25.8. The summed E-state index contributed by atoms with van der Waals surface area (Å²) in [5.74, 6) is -2.64. The van der Waals surface area contributed by atoms with E-state index in [0.717, 1.165) is 5.57 Å². The number of rotatable bonds is 8. The van der Waals surface area contributed by atoms with Gasteiger partial charge in [0, 0.05) is 24.5 Å². The predicted molar refractivity (Wildman–Crippen MR) is 129 cm³/mol. The third-order valence-corrected chi connectivity index (χ3v) is 7.26. The van der Waals surface area contributed by atoms with Gasteiger partial charge in [0.2, 0.25) is 11.8 Å². The third kappa shape index (κ3) is 5.04. The average molecular weight is 477 g/mol. The molecule has 1 aliphatic rings. The highest BCUT2D eigenvalue weighted by molar-refractivity contribution is 5.95. The molecular weight excluding hydrogens is 436 g/mol. The van der Waals surface area contributed by atoms with Gasteiger partial charge in [-0.25, -0.2) is 9.78 Å². The lowest BCUT2D eigenvalue weighted by atomic mass is 9.57. The number of hydrogen-bond acceptors (Lipinski definition) is 6. The van der Waals surface area contributed by atoms with E-state index in [1.165, 1.54) is 14.0 Å². The normalized spacial score (nSPS) is 25.7. The Morgan fingerprint density at radius 1 is 1.29 bits per heavy atom. The molecule has 5 atom stereocenters. The number of aliphatic hydroxyl groups is 1. The van der Waals surface area contributed by atoms with Gasteiger partial charge in [0.05, 0.1) is 25.2 Å². The van der Waals surface area contributed by atoms with E-state index in [2.05, 4.69) is 20.6 Å². The minimum atomic E-state index is -1.52. The number of aromatic nitrogens is 2. The van der Waals surface area contributed by atoms with E-state index in [-0.39, 0.29) is 5.92 Å². The lowest BCUT2D eigenvalue weighted by molar-refractivity contribution is -0.155. The number of amides is 2. The van der Waals surface area contributed by atoms with Crippen LogP contribution in [0.2, 0.25) is 0 Å². The number of esters is 1. The summed E-state index contributed by atoms with van der Waals surface area (Å²) in [6, 6.07) is -0.905. The van der Waals surface area contributed by atoms with Gasteiger partial charge in [-0.05, 0) is 31.6 Å². The molecule has 9 heteroatoms. The largest absolute Gasteiger partial charge is 0.467 e. The summed E-state index contributed by atoms with van der Waals surface area (Å²) < 4.78 is 4.91. The van der Waals surface area contributed by atoms with Crippen molar-refractivity contribution in [2.45, 2.75) is 84.9 Å². The highest BCUT2D eigenvalue weighted by Gasteiger charge is 2.61. The number of nitrogens with zero attached hydrogens (tertiary/aromatic N) is 1. The van der Waals surface area contributed by atoms with Gasteiger partial charge in [-0.1, -0.05) is 46.3 Å². The Kier molecular flexibility index (Phi) is 8.69. The Hall–Kier alpha value is -2.68. The Morgan fingerprint density at radius 3 is 2.41 bits per heavy atom. The molecule has 1 heterocycles. The van der Waals surface area contributed by atoms with Crippen LogP contribution >= 0.6 is 0 Å². The second kappa shape index (κ2) is 10.7. The zero-order valence-corrected chi connectivity index (χ0v) is 21.6. The highest BCUT2D eigenvalue weighted by atomic mass is 16.5. The van der Waals surface area contributed by atoms with E-state index >= 15 is 0 Å². The highest BCUT2D eigenvalue weighted by Crippen LogP contribution is 2.50. The van der Waals surface area contributed by atoms with Crippen LogP contribution in [0.25, 0.3) is 0 Å². The molecule has 1 aromatic rings. The molecule has 0 saturated heterocycles. The molecule has 190 valence electrons. The molecule has 0 radical (unpaired) electrons. The standard InChI is InChI=1S/C25H40N4O5/c1-14(2)20(22(32)34-8)28-23(33)25(15(3)4,29-17(6)30)24(7)10-9-16(5)11-18(21(24)31)19-12-26-13-27-19/h11-15,18,20-21,31H,9-10H2,1-8H3,(H,26,27)(H,28,33)(H,29,30)/t18?,20-,21?,24?,25-/m0/s1. The first kappa shape index (κ1) is 27.6. The number of carbonyl (C=O) groups excluding carboxylic acids is 3. The topological polar surface area (TPSA) is 133 Å². The van der Waals surface area contributed by atoms with Crippen molar-refractivity contribution in [3.05, 3.63) is 29.9 Å². The average Bonchev–Trinajstić information content (AvgIpc) is 3.27. The molecule has 0 aromatic carbocycles. The van der Waals surface area contributed by atoms with Crippen LogP contribution in [0.15, 0.2) is 24.2 Å². The minimum absolute atomic E-state index is 0.244. The first-order valence-corrected chi connectivity index (χ1v) is 11.8. The molecule has 0 fully saturated rings. The van der Waals surface area contributed by atoms with E-state index < -0.39 is 52.7 Å². The Balaban J connectivity index is 2.69. The first-order valence-electron chi connectivity index (χ1n) is 11.8. The SMILES string of the molecule is COC(=O)[C@@H](NC(=O)[C@@](NC(C)=O)(C(C)C)C1(C)CCC(C)=CC(c2c[nH]cn2)C1O)C(C)C. The number of aliphatic hydroxyl groups excluding tert-OH is 1. The van der Waals surface area contributed by atoms with Crippen molar-refractivity contribution >= 4 is 17.8 Å². The van der Waals surface area contributed by atoms with Crippen molar-refractivity contribution in [1.29, 1.82) is 0 Å². The smallest absolute Gasteiger partial charge is 0.328 e. The Morgan fingerprint density at radius 2 is 1.94 bits per heavy atom. The lowest BCUT2D eigenvalue weighted by Crippen LogP contribution is -2.73. The predicted octanol–water partition coefficient (Wildman–Crippen LogP) is 2.45. The van der Waals surface area contributed by atoms with E-state index in [1.54, 1.807) is 26.4 Å². The number of allylic oxidation sites excluding steroid dienone is 1. The molecule has 0 spiro atoms. The number of imidazole rings is 1. The summed E-state index contributed by atoms with van der Waals surface area (Å²) >= 11 is 0. The van der Waals surface area contributed by atoms with E-state index in [1.807, 2.05) is 33.8 Å². The van der Waals surface area contributed by atoms with Gasteiger partial charge in [-0.3, -0.25) is 9.59 Å². The van der Waals surface area contributed by atoms with Crippen LogP contribution in [-0.2, 0) is 19.1 Å². The summed E-state index contributed by atoms with van der Waals surface area (Å²) in [5, 5.41) is 17.7. The van der Waals surface area contributed by atoms with E-state index in [4.69, 9.17) is 4.74 Å². The molecule has 4 N–H and O–H groups in total. The van der Waals surface area contributed by atoms with Gasteiger partial charge < -0.3 is 25.5 Å². The fraction of sp³-hybridized carbons (Fsp3) is 0.680. The molecule has 2 rings (SSSR count). The van der Waals surface area contributed by atoms with Crippen molar-refractivity contribution in [2.75, 3.05) is 7.11 Å². The van der Waals surface area contributed by atoms with Crippen LogP contribution in [0.3, 0.4) is 0 Å². The van der Waals surface area contributed by atoms with Gasteiger partial charge >= 0.3 is 5.97 Å². The molecule has 1 aromatic heterocycles. The number of nitrogens with one attached hydrogen (secondary N) is 3. The van der Waals surface area contributed by atoms with Crippen molar-refractivity contribution in [3.63, 3.8) is 0 Å². The van der Waals surface area contributed by atoms with Crippen molar-refractivity contribution in [1.82, 2.24) is 20.6 Å². The number of H-pyrrole nitrogens is 1. The summed E-state index contributed by atoms with van der Waals surface area (Å²) in [6.07, 6.45) is 5.27. The number of hydrogen-bond donors (Lipinski definition) is 4. The van der Waals surface area contributed by atoms with Crippen molar-refractivity contribution in [3.8, 4) is 0 Å². The van der Waals surface area contributed by atoms with Gasteiger partial charge in [-0.15, -0.1) is 0 Å². The van der Waals surface area contributed by atoms with Crippen LogP contribution in [0.4, 0.5) is 0 Å². The molecule has 0 bridgehead atoms. The summed E-state index contributed by atoms with van der Waals surface area (Å²) in [5.41, 5.74) is -0.916. The van der Waals surface area contributed by atoms with Crippen LogP contribution in [0.1, 0.15) is 72.9 Å². The molecule has 34 heavy (non-hydrogen) atoms. The Bertz CT molecular complexity index is 910. The maximum Gasteiger partial charge on any atom is 0.328 e. The van der Waals surface area contributed by atoms with Gasteiger partial charge in [0.15, 0.2) is 0 Å². The molecule has 0 saturated carbocycles. The summed E-state index contributed by atoms with van der Waals surface area (Å²) in [6.45, 7) is 12.5. The number of ether oxygens (including phenoxy) is 1. The van der Waals surface area contributed by atoms with Crippen molar-refractivity contribution in [2.24, 2.45) is 17.3 Å². The first-order chi connectivity index (χ1) is 15.8. The fourth-order valence-electron chi connectivity index (χ4n) is 5.30. The Labute approximate surface area is 202 Å². The second-order valence-electron chi connectivity index (χ2n) is 10.3. The molecule has 3 unspecified atom stereocenters. The zero-order valence-electron chi connectivity index (χ0n) is 21.6. The maximum atomic E-state index is 14.1. The maximum absolute atomic E-state index is 14.1. The quantitative estimate of drug-likeness (QED) is 0.336. The van der Waals surface area contributed by atoms with Gasteiger partial charge in [-0.2, -0.15) is 0 Å². The monoisotopic (exact) mass is 476 g/mol. The third-order valence-electron chi connectivity index (χ3n) is 7.26. The minimum Gasteiger partial charge on any atom is -0.467 e. The van der Waals surface area contributed by atoms with Crippen LogP contribution in [0.5, 0.6) is 0 Å². The molecule has 1 aliphatic carbocycles. The van der Waals surface area contributed by atoms with Gasteiger partial charge in [0.25, 0.3) is 0 Å². The lowest BCUT2D eigenvalue weighted by Gasteiger charge is -2.53. The molecule has 0 aliphatic heterocycles. The van der Waals surface area contributed by atoms with Gasteiger partial charge in [0.1, 0.15) is 11.6 Å². The van der Waals surface area contributed by atoms with E-state index in [9.17, 15) is 19.5 Å². The van der Waals surface area contributed by atoms with E-state index in [0.29, 0.717) is 18.5 Å². The number of carbonyl (C=O) groups is 3. The number of methoxy groups -OCH3 is 1. The molecular formula is C25H40N4O5. The molecule has 9 nitrogen and oxygen atoms in total. The van der Waals surface area contributed by atoms with Crippen LogP contribution in [0, 0.1) is 17.3 Å². The van der Waals surface area contributed by atoms with Crippen LogP contribution in [-0.4, -0.2) is 57.7 Å². The summed E-state index contributed by atoms with van der Waals surface area (Å²) in [4.78, 5) is 46.4. The molecule has 2 amide bonds. The second-order valence-corrected chi connectivity index (χ2v) is 10.3. The number of aromatic amines is 1.